The fraction of sp³-hybridized carbons (Fsp3) is 0.625. The number of nitrogens with one attached hydrogen (secondary N) is 1. The molecule has 1 aromatic heterocycles. The second-order valence-electron chi connectivity index (χ2n) is 3.10. The second kappa shape index (κ2) is 4.21. The van der Waals surface area contributed by atoms with Crippen LogP contribution in [0, 0.1) is 6.92 Å². The zero-order chi connectivity index (χ0) is 7.68. The van der Waals surface area contributed by atoms with Gasteiger partial charge >= 0.3 is 0 Å². The molecule has 12 heavy (non-hydrogen) atoms. The van der Waals surface area contributed by atoms with E-state index < -0.39 is 0 Å². The molecule has 68 valence electrons. The van der Waals surface area contributed by atoms with Gasteiger partial charge in [0.05, 0.1) is 18.8 Å². The van der Waals surface area contributed by atoms with Crippen molar-refractivity contribution in [2.24, 2.45) is 0 Å². The fourth-order valence-corrected chi connectivity index (χ4v) is 2.43. The van der Waals surface area contributed by atoms with Gasteiger partial charge in [0.15, 0.2) is 0 Å². The summed E-state index contributed by atoms with van der Waals surface area (Å²) in [6.45, 7) is 4.63. The van der Waals surface area contributed by atoms with Crippen molar-refractivity contribution < 1.29 is 17.3 Å². The Kier molecular flexibility index (Phi) is 3.50. The van der Waals surface area contributed by atoms with Crippen LogP contribution in [0.1, 0.15) is 18.5 Å². The molecular weight excluding hydrogens is 192 g/mol. The number of quaternary nitrogens is 1. The maximum Gasteiger partial charge on any atom is 0.284 e. The largest absolute Gasteiger partial charge is 1.00 e. The Labute approximate surface area is 83.0 Å². The first-order valence-electron chi connectivity index (χ1n) is 4.13. The summed E-state index contributed by atoms with van der Waals surface area (Å²) in [5, 5.41) is 3.43. The zero-order valence-electron chi connectivity index (χ0n) is 7.14. The van der Waals surface area contributed by atoms with Crippen molar-refractivity contribution in [3.05, 3.63) is 11.1 Å². The summed E-state index contributed by atoms with van der Waals surface area (Å²) in [7, 11) is 0. The molecule has 0 unspecified atom stereocenters. The molecule has 0 amide bonds. The number of hydrogen-bond acceptors (Lipinski definition) is 2. The topological polar surface area (TPSA) is 17.3 Å². The Hall–Kier alpha value is -0.120. The minimum Gasteiger partial charge on any atom is -1.00 e. The molecular formula is C8H13ClN2S. The van der Waals surface area contributed by atoms with Gasteiger partial charge in [0.1, 0.15) is 0 Å². The Balaban J connectivity index is 0.000000720. The van der Waals surface area contributed by atoms with Gasteiger partial charge in [-0.15, -0.1) is 0 Å². The van der Waals surface area contributed by atoms with Gasteiger partial charge in [0.2, 0.25) is 0 Å². The third kappa shape index (κ3) is 1.97. The highest BCUT2D eigenvalue weighted by Gasteiger charge is 2.20. The predicted octanol–water partition coefficient (Wildman–Crippen LogP) is -2.23. The number of aryl methyl sites for hydroxylation is 1. The normalized spacial score (nSPS) is 17.8. The number of rotatable bonds is 1. The molecule has 1 aliphatic rings. The molecule has 2 rings (SSSR count). The summed E-state index contributed by atoms with van der Waals surface area (Å²) >= 11 is 1.80. The van der Waals surface area contributed by atoms with Gasteiger partial charge in [-0.05, 0) is 6.92 Å². The summed E-state index contributed by atoms with van der Waals surface area (Å²) in [5.41, 5.74) is 1.17. The summed E-state index contributed by atoms with van der Waals surface area (Å²) in [5.74, 6) is 0. The Bertz CT molecular complexity index is 243. The van der Waals surface area contributed by atoms with E-state index in [0.29, 0.717) is 0 Å². The van der Waals surface area contributed by atoms with Gasteiger partial charge in [-0.2, -0.15) is 4.98 Å². The minimum atomic E-state index is 0. The van der Waals surface area contributed by atoms with Gasteiger partial charge in [-0.1, -0.05) is 11.3 Å². The lowest BCUT2D eigenvalue weighted by Gasteiger charge is -2.04. The van der Waals surface area contributed by atoms with Crippen molar-refractivity contribution in [1.82, 2.24) is 4.98 Å². The average molecular weight is 205 g/mol. The van der Waals surface area contributed by atoms with Crippen molar-refractivity contribution in [3.63, 3.8) is 0 Å². The van der Waals surface area contributed by atoms with E-state index in [1.54, 1.807) is 16.2 Å². The zero-order valence-corrected chi connectivity index (χ0v) is 8.71. The molecule has 0 spiro atoms. The molecule has 4 heteroatoms. The molecule has 0 saturated carbocycles. The number of thiazole rings is 1. The first kappa shape index (κ1) is 9.96. The third-order valence-corrected chi connectivity index (χ3v) is 3.19. The highest BCUT2D eigenvalue weighted by molar-refractivity contribution is 7.12. The van der Waals surface area contributed by atoms with Crippen LogP contribution < -0.4 is 17.3 Å². The number of nitrogens with zero attached hydrogens (tertiary/aromatic N) is 1. The molecule has 0 radical (unpaired) electrons. The van der Waals surface area contributed by atoms with Crippen LogP contribution in [-0.4, -0.2) is 18.1 Å². The molecule has 0 aromatic carbocycles. The fourth-order valence-electron chi connectivity index (χ4n) is 1.53. The highest BCUT2D eigenvalue weighted by Crippen LogP contribution is 2.11. The van der Waals surface area contributed by atoms with Crippen molar-refractivity contribution in [2.75, 3.05) is 13.1 Å². The van der Waals surface area contributed by atoms with E-state index in [0.717, 1.165) is 0 Å². The Morgan fingerprint density at radius 2 is 2.08 bits per heavy atom. The minimum absolute atomic E-state index is 0. The highest BCUT2D eigenvalue weighted by atomic mass is 35.5. The maximum atomic E-state index is 4.47. The molecule has 0 aliphatic carbocycles. The van der Waals surface area contributed by atoms with Crippen molar-refractivity contribution in [1.29, 1.82) is 0 Å². The molecule has 2 heterocycles. The molecule has 1 aliphatic heterocycles. The summed E-state index contributed by atoms with van der Waals surface area (Å²) in [6, 6.07) is 0. The summed E-state index contributed by atoms with van der Waals surface area (Å²) < 4.78 is 0. The van der Waals surface area contributed by atoms with Crippen LogP contribution in [0.25, 0.3) is 0 Å². The van der Waals surface area contributed by atoms with E-state index in [9.17, 15) is 0 Å². The lowest BCUT2D eigenvalue weighted by Crippen LogP contribution is -3.04. The quantitative estimate of drug-likeness (QED) is 0.548. The van der Waals surface area contributed by atoms with Crippen LogP contribution in [0.5, 0.6) is 0 Å². The molecule has 1 aromatic rings. The lowest BCUT2D eigenvalue weighted by molar-refractivity contribution is -0.818. The van der Waals surface area contributed by atoms with Gasteiger partial charge < -0.3 is 12.4 Å². The predicted molar refractivity (Wildman–Crippen MR) is 46.4 cm³/mol. The number of hydrogen-bond donors (Lipinski definition) is 1. The van der Waals surface area contributed by atoms with Crippen LogP contribution in [-0.2, 0) is 0 Å². The van der Waals surface area contributed by atoms with Crippen molar-refractivity contribution >= 4 is 16.5 Å². The van der Waals surface area contributed by atoms with Gasteiger partial charge in [0, 0.05) is 18.2 Å². The number of halogens is 1. The van der Waals surface area contributed by atoms with Crippen LogP contribution in [0.2, 0.25) is 0 Å². The van der Waals surface area contributed by atoms with Crippen molar-refractivity contribution in [3.8, 4) is 0 Å². The average Bonchev–Trinajstić information content (AvgIpc) is 2.55. The first-order valence-corrected chi connectivity index (χ1v) is 5.01. The van der Waals surface area contributed by atoms with Crippen LogP contribution in [0.4, 0.5) is 5.13 Å². The first-order chi connectivity index (χ1) is 5.36. The SMILES string of the molecule is Cc1csc([NH+]2CCCC2)n1.[Cl-]. The van der Waals surface area contributed by atoms with E-state index in [4.69, 9.17) is 0 Å². The van der Waals surface area contributed by atoms with E-state index in [2.05, 4.69) is 17.3 Å². The van der Waals surface area contributed by atoms with Crippen LogP contribution in [0.3, 0.4) is 0 Å². The van der Waals surface area contributed by atoms with E-state index in [1.807, 2.05) is 0 Å². The summed E-state index contributed by atoms with van der Waals surface area (Å²) in [4.78, 5) is 6.06. The Morgan fingerprint density at radius 3 is 2.58 bits per heavy atom. The van der Waals surface area contributed by atoms with Gasteiger partial charge in [-0.3, -0.25) is 4.90 Å². The molecule has 1 N–H and O–H groups in total. The molecule has 1 fully saturated rings. The smallest absolute Gasteiger partial charge is 0.284 e. The van der Waals surface area contributed by atoms with E-state index in [-0.39, 0.29) is 12.4 Å². The monoisotopic (exact) mass is 204 g/mol. The van der Waals surface area contributed by atoms with Crippen molar-refractivity contribution in [2.45, 2.75) is 19.8 Å². The molecule has 0 atom stereocenters. The van der Waals surface area contributed by atoms with Gasteiger partial charge in [0.25, 0.3) is 5.13 Å². The second-order valence-corrected chi connectivity index (χ2v) is 3.96. The molecule has 0 bridgehead atoms. The number of aromatic nitrogens is 1. The molecule has 2 nitrogen and oxygen atoms in total. The standard InChI is InChI=1S/C8H12N2S.ClH/c1-7-6-11-8(9-7)10-4-2-3-5-10;/h6H,2-5H2,1H3;1H. The van der Waals surface area contributed by atoms with E-state index in [1.165, 1.54) is 36.8 Å². The van der Waals surface area contributed by atoms with Crippen LogP contribution in [0.15, 0.2) is 5.38 Å². The molecule has 1 saturated heterocycles. The lowest BCUT2D eigenvalue weighted by atomic mass is 10.4. The Morgan fingerprint density at radius 1 is 1.42 bits per heavy atom. The maximum absolute atomic E-state index is 4.47. The summed E-state index contributed by atoms with van der Waals surface area (Å²) in [6.07, 6.45) is 2.74. The van der Waals surface area contributed by atoms with Crippen LogP contribution >= 0.6 is 11.3 Å². The van der Waals surface area contributed by atoms with E-state index >= 15 is 0 Å². The third-order valence-electron chi connectivity index (χ3n) is 2.13. The van der Waals surface area contributed by atoms with Gasteiger partial charge in [-0.25, -0.2) is 0 Å².